The highest BCUT2D eigenvalue weighted by atomic mass is 16.5. The Kier molecular flexibility index (Phi) is 3.92. The van der Waals surface area contributed by atoms with Crippen molar-refractivity contribution < 1.29 is 9.84 Å². The summed E-state index contributed by atoms with van der Waals surface area (Å²) in [4.78, 5) is 0. The standard InChI is InChI=1S/C9H16N2O2/c1-3-13-7-9(12)6-11-5-4-8(2)10-11/h4-5,9,12H,3,6-7H2,1-2H3. The molecule has 0 amide bonds. The molecular formula is C9H16N2O2. The molecule has 0 aliphatic carbocycles. The lowest BCUT2D eigenvalue weighted by Gasteiger charge is -2.09. The van der Waals surface area contributed by atoms with Crippen molar-refractivity contribution in [2.24, 2.45) is 0 Å². The number of aliphatic hydroxyl groups is 1. The smallest absolute Gasteiger partial charge is 0.0968 e. The zero-order chi connectivity index (χ0) is 9.68. The Morgan fingerprint density at radius 2 is 2.46 bits per heavy atom. The second-order valence-corrected chi connectivity index (χ2v) is 2.99. The first-order valence-corrected chi connectivity index (χ1v) is 4.48. The molecule has 0 bridgehead atoms. The molecule has 0 aliphatic rings. The summed E-state index contributed by atoms with van der Waals surface area (Å²) in [7, 11) is 0. The van der Waals surface area contributed by atoms with Crippen molar-refractivity contribution in [2.75, 3.05) is 13.2 Å². The minimum atomic E-state index is -0.473. The van der Waals surface area contributed by atoms with Gasteiger partial charge in [-0.25, -0.2) is 0 Å². The molecule has 74 valence electrons. The van der Waals surface area contributed by atoms with Gasteiger partial charge in [0.25, 0.3) is 0 Å². The fourth-order valence-corrected chi connectivity index (χ4v) is 1.09. The first-order valence-electron chi connectivity index (χ1n) is 4.48. The lowest BCUT2D eigenvalue weighted by atomic mass is 10.4. The Bertz CT molecular complexity index is 248. The van der Waals surface area contributed by atoms with Crippen LogP contribution in [0.4, 0.5) is 0 Å². The number of aromatic nitrogens is 2. The van der Waals surface area contributed by atoms with Crippen LogP contribution in [0.1, 0.15) is 12.6 Å². The lowest BCUT2D eigenvalue weighted by molar-refractivity contribution is 0.0316. The number of rotatable bonds is 5. The molecule has 4 heteroatoms. The third-order valence-corrected chi connectivity index (χ3v) is 1.69. The maximum Gasteiger partial charge on any atom is 0.0968 e. The van der Waals surface area contributed by atoms with Gasteiger partial charge in [-0.1, -0.05) is 0 Å². The molecule has 0 aromatic carbocycles. The zero-order valence-electron chi connectivity index (χ0n) is 8.10. The van der Waals surface area contributed by atoms with Crippen LogP contribution >= 0.6 is 0 Å². The molecule has 1 aromatic rings. The van der Waals surface area contributed by atoms with Gasteiger partial charge in [-0.05, 0) is 19.9 Å². The second kappa shape index (κ2) is 4.99. The molecule has 4 nitrogen and oxygen atoms in total. The predicted octanol–water partition coefficient (Wildman–Crippen LogP) is 0.589. The molecule has 0 saturated heterocycles. The van der Waals surface area contributed by atoms with Gasteiger partial charge in [0, 0.05) is 12.8 Å². The third kappa shape index (κ3) is 3.57. The van der Waals surface area contributed by atoms with Gasteiger partial charge >= 0.3 is 0 Å². The normalized spacial score (nSPS) is 13.2. The summed E-state index contributed by atoms with van der Waals surface area (Å²) in [5.41, 5.74) is 0.962. The third-order valence-electron chi connectivity index (χ3n) is 1.69. The molecule has 1 aromatic heterocycles. The summed E-state index contributed by atoms with van der Waals surface area (Å²) in [6.45, 7) is 5.33. The van der Waals surface area contributed by atoms with Gasteiger partial charge in [0.15, 0.2) is 0 Å². The minimum Gasteiger partial charge on any atom is -0.389 e. The Labute approximate surface area is 78.1 Å². The van der Waals surface area contributed by atoms with Crippen molar-refractivity contribution in [2.45, 2.75) is 26.5 Å². The molecule has 0 saturated carbocycles. The number of hydrogen-bond donors (Lipinski definition) is 1. The van der Waals surface area contributed by atoms with Crippen molar-refractivity contribution >= 4 is 0 Å². The average Bonchev–Trinajstić information content (AvgIpc) is 2.48. The van der Waals surface area contributed by atoms with Crippen LogP contribution in [-0.2, 0) is 11.3 Å². The average molecular weight is 184 g/mol. The van der Waals surface area contributed by atoms with Crippen molar-refractivity contribution in [3.8, 4) is 0 Å². The summed E-state index contributed by atoms with van der Waals surface area (Å²) in [5.74, 6) is 0. The van der Waals surface area contributed by atoms with Crippen molar-refractivity contribution in [1.82, 2.24) is 9.78 Å². The Balaban J connectivity index is 2.31. The first-order chi connectivity index (χ1) is 6.22. The number of aliphatic hydroxyl groups excluding tert-OH is 1. The van der Waals surface area contributed by atoms with Gasteiger partial charge in [0.05, 0.1) is 24.9 Å². The van der Waals surface area contributed by atoms with Crippen LogP contribution in [0.3, 0.4) is 0 Å². The van der Waals surface area contributed by atoms with Crippen LogP contribution in [0.15, 0.2) is 12.3 Å². The van der Waals surface area contributed by atoms with E-state index in [4.69, 9.17) is 4.74 Å². The van der Waals surface area contributed by atoms with Gasteiger partial charge in [0.1, 0.15) is 0 Å². The summed E-state index contributed by atoms with van der Waals surface area (Å²) >= 11 is 0. The number of nitrogens with zero attached hydrogens (tertiary/aromatic N) is 2. The van der Waals surface area contributed by atoms with E-state index in [1.165, 1.54) is 0 Å². The van der Waals surface area contributed by atoms with E-state index in [-0.39, 0.29) is 0 Å². The summed E-state index contributed by atoms with van der Waals surface area (Å²) in [6, 6.07) is 1.91. The SMILES string of the molecule is CCOCC(O)Cn1ccc(C)n1. The largest absolute Gasteiger partial charge is 0.389 e. The Morgan fingerprint density at radius 1 is 1.69 bits per heavy atom. The second-order valence-electron chi connectivity index (χ2n) is 2.99. The molecule has 0 fully saturated rings. The fraction of sp³-hybridized carbons (Fsp3) is 0.667. The predicted molar refractivity (Wildman–Crippen MR) is 49.5 cm³/mol. The molecule has 13 heavy (non-hydrogen) atoms. The van der Waals surface area contributed by atoms with E-state index in [0.717, 1.165) is 5.69 Å². The van der Waals surface area contributed by atoms with Gasteiger partial charge in [-0.2, -0.15) is 5.10 Å². The van der Waals surface area contributed by atoms with Crippen molar-refractivity contribution in [3.05, 3.63) is 18.0 Å². The van der Waals surface area contributed by atoms with E-state index < -0.39 is 6.10 Å². The molecule has 0 aliphatic heterocycles. The molecular weight excluding hydrogens is 168 g/mol. The molecule has 1 atom stereocenters. The van der Waals surface area contributed by atoms with Crippen LogP contribution in [0.2, 0.25) is 0 Å². The first kappa shape index (κ1) is 10.2. The van der Waals surface area contributed by atoms with Gasteiger partial charge < -0.3 is 9.84 Å². The van der Waals surface area contributed by atoms with E-state index in [9.17, 15) is 5.11 Å². The van der Waals surface area contributed by atoms with Gasteiger partial charge in [-0.3, -0.25) is 4.68 Å². The minimum absolute atomic E-state index is 0.370. The fourth-order valence-electron chi connectivity index (χ4n) is 1.09. The monoisotopic (exact) mass is 184 g/mol. The molecule has 1 heterocycles. The van der Waals surface area contributed by atoms with E-state index >= 15 is 0 Å². The number of ether oxygens (including phenoxy) is 1. The summed E-state index contributed by atoms with van der Waals surface area (Å²) in [6.07, 6.45) is 1.38. The molecule has 1 N–H and O–H groups in total. The van der Waals surface area contributed by atoms with E-state index in [1.54, 1.807) is 4.68 Å². The summed E-state index contributed by atoms with van der Waals surface area (Å²) < 4.78 is 6.80. The summed E-state index contributed by atoms with van der Waals surface area (Å²) in [5, 5.41) is 13.6. The van der Waals surface area contributed by atoms with E-state index in [1.807, 2.05) is 26.1 Å². The van der Waals surface area contributed by atoms with Gasteiger partial charge in [-0.15, -0.1) is 0 Å². The topological polar surface area (TPSA) is 47.3 Å². The highest BCUT2D eigenvalue weighted by Crippen LogP contribution is 1.95. The molecule has 1 rings (SSSR count). The van der Waals surface area contributed by atoms with Gasteiger partial charge in [0.2, 0.25) is 0 Å². The molecule has 0 radical (unpaired) electrons. The number of hydrogen-bond acceptors (Lipinski definition) is 3. The van der Waals surface area contributed by atoms with Crippen molar-refractivity contribution in [3.63, 3.8) is 0 Å². The van der Waals surface area contributed by atoms with E-state index in [2.05, 4.69) is 5.10 Å². The van der Waals surface area contributed by atoms with Crippen LogP contribution in [0.25, 0.3) is 0 Å². The molecule has 0 spiro atoms. The lowest BCUT2D eigenvalue weighted by Crippen LogP contribution is -2.22. The Morgan fingerprint density at radius 3 is 3.00 bits per heavy atom. The highest BCUT2D eigenvalue weighted by Gasteiger charge is 2.05. The number of aryl methyl sites for hydroxylation is 1. The van der Waals surface area contributed by atoms with Crippen LogP contribution in [0, 0.1) is 6.92 Å². The van der Waals surface area contributed by atoms with Crippen LogP contribution < -0.4 is 0 Å². The van der Waals surface area contributed by atoms with Crippen LogP contribution in [0.5, 0.6) is 0 Å². The maximum absolute atomic E-state index is 9.46. The van der Waals surface area contributed by atoms with Crippen LogP contribution in [-0.4, -0.2) is 34.2 Å². The molecule has 1 unspecified atom stereocenters. The zero-order valence-corrected chi connectivity index (χ0v) is 8.10. The quantitative estimate of drug-likeness (QED) is 0.728. The highest BCUT2D eigenvalue weighted by molar-refractivity contribution is 4.94. The maximum atomic E-state index is 9.46. The Hall–Kier alpha value is -0.870. The van der Waals surface area contributed by atoms with Crippen molar-refractivity contribution in [1.29, 1.82) is 0 Å². The van der Waals surface area contributed by atoms with E-state index in [0.29, 0.717) is 19.8 Å².